The highest BCUT2D eigenvalue weighted by Crippen LogP contribution is 2.39. The smallest absolute Gasteiger partial charge is 0.228 e. The van der Waals surface area contributed by atoms with Gasteiger partial charge in [0, 0.05) is 31.6 Å². The lowest BCUT2D eigenvalue weighted by Crippen LogP contribution is -2.37. The normalized spacial score (nSPS) is 22.9. The second-order valence-corrected chi connectivity index (χ2v) is 9.07. The standard InChI is InChI=1S/C26H30N2O4/c1-17-6-3-7-21(18(17)2)28-16-20(15-25(28)29)26(30)27-11-4-8-22(27)19-9-10-23-24(14-19)32-13-5-12-31-23/h3,6-7,9-10,14,20,22H,4-5,8,11-13,15-16H2,1-2H3/t20-,22-/m0/s1. The second kappa shape index (κ2) is 8.49. The van der Waals surface area contributed by atoms with Gasteiger partial charge in [-0.1, -0.05) is 18.2 Å². The van der Waals surface area contributed by atoms with Gasteiger partial charge in [0.1, 0.15) is 0 Å². The van der Waals surface area contributed by atoms with Gasteiger partial charge >= 0.3 is 0 Å². The molecule has 3 aliphatic heterocycles. The molecule has 2 aromatic carbocycles. The van der Waals surface area contributed by atoms with Crippen LogP contribution in [0.2, 0.25) is 0 Å². The van der Waals surface area contributed by atoms with Gasteiger partial charge < -0.3 is 19.3 Å². The number of carbonyl (C=O) groups is 2. The van der Waals surface area contributed by atoms with Crippen molar-refractivity contribution in [1.29, 1.82) is 0 Å². The number of rotatable bonds is 3. The van der Waals surface area contributed by atoms with E-state index in [2.05, 4.69) is 0 Å². The molecule has 6 heteroatoms. The van der Waals surface area contributed by atoms with Gasteiger partial charge in [-0.15, -0.1) is 0 Å². The van der Waals surface area contributed by atoms with Crippen molar-refractivity contribution in [2.24, 2.45) is 5.92 Å². The third kappa shape index (κ3) is 3.72. The quantitative estimate of drug-likeness (QED) is 0.727. The highest BCUT2D eigenvalue weighted by molar-refractivity contribution is 6.01. The summed E-state index contributed by atoms with van der Waals surface area (Å²) in [5.74, 6) is 1.34. The van der Waals surface area contributed by atoms with Crippen LogP contribution in [0, 0.1) is 19.8 Å². The molecule has 0 aliphatic carbocycles. The van der Waals surface area contributed by atoms with Crippen LogP contribution in [0.4, 0.5) is 5.69 Å². The molecule has 3 aliphatic rings. The van der Waals surface area contributed by atoms with E-state index < -0.39 is 0 Å². The third-order valence-corrected chi connectivity index (χ3v) is 7.03. The fraction of sp³-hybridized carbons (Fsp3) is 0.462. The lowest BCUT2D eigenvalue weighted by atomic mass is 10.0. The Labute approximate surface area is 189 Å². The van der Waals surface area contributed by atoms with Crippen molar-refractivity contribution in [3.8, 4) is 11.5 Å². The van der Waals surface area contributed by atoms with Crippen LogP contribution < -0.4 is 14.4 Å². The van der Waals surface area contributed by atoms with E-state index >= 15 is 0 Å². The molecule has 0 unspecified atom stereocenters. The van der Waals surface area contributed by atoms with Gasteiger partial charge in [-0.2, -0.15) is 0 Å². The van der Waals surface area contributed by atoms with Crippen molar-refractivity contribution in [1.82, 2.24) is 4.90 Å². The van der Waals surface area contributed by atoms with Crippen molar-refractivity contribution >= 4 is 17.5 Å². The summed E-state index contributed by atoms with van der Waals surface area (Å²) in [6.45, 7) is 6.56. The number of ether oxygens (including phenoxy) is 2. The van der Waals surface area contributed by atoms with Gasteiger partial charge in [0.05, 0.1) is 25.2 Å². The predicted octanol–water partition coefficient (Wildman–Crippen LogP) is 4.18. The number of nitrogens with zero attached hydrogens (tertiary/aromatic N) is 2. The number of hydrogen-bond donors (Lipinski definition) is 0. The van der Waals surface area contributed by atoms with E-state index in [0.29, 0.717) is 19.8 Å². The van der Waals surface area contributed by atoms with Crippen LogP contribution in [-0.2, 0) is 9.59 Å². The maximum absolute atomic E-state index is 13.5. The van der Waals surface area contributed by atoms with E-state index in [1.165, 1.54) is 0 Å². The van der Waals surface area contributed by atoms with E-state index in [1.807, 2.05) is 55.1 Å². The van der Waals surface area contributed by atoms with E-state index in [1.54, 1.807) is 4.90 Å². The molecule has 2 fully saturated rings. The summed E-state index contributed by atoms with van der Waals surface area (Å²) in [6.07, 6.45) is 3.03. The van der Waals surface area contributed by atoms with Gasteiger partial charge in [-0.3, -0.25) is 9.59 Å². The summed E-state index contributed by atoms with van der Waals surface area (Å²) in [7, 11) is 0. The molecule has 0 aromatic heterocycles. The van der Waals surface area contributed by atoms with Crippen LogP contribution in [0.15, 0.2) is 36.4 Å². The molecule has 0 spiro atoms. The zero-order valence-corrected chi connectivity index (χ0v) is 18.8. The maximum atomic E-state index is 13.5. The van der Waals surface area contributed by atoms with Crippen molar-refractivity contribution in [3.05, 3.63) is 53.1 Å². The molecule has 5 rings (SSSR count). The number of amides is 2. The largest absolute Gasteiger partial charge is 0.490 e. The highest BCUT2D eigenvalue weighted by atomic mass is 16.5. The first-order chi connectivity index (χ1) is 15.5. The molecular weight excluding hydrogens is 404 g/mol. The molecular formula is C26H30N2O4. The Balaban J connectivity index is 1.35. The molecule has 0 radical (unpaired) electrons. The van der Waals surface area contributed by atoms with Crippen LogP contribution in [0.5, 0.6) is 11.5 Å². The van der Waals surface area contributed by atoms with Gasteiger partial charge in [0.25, 0.3) is 0 Å². The Morgan fingerprint density at radius 3 is 2.69 bits per heavy atom. The number of aryl methyl sites for hydroxylation is 1. The number of hydrogen-bond acceptors (Lipinski definition) is 4. The number of likely N-dealkylation sites (tertiary alicyclic amines) is 1. The molecule has 2 aromatic rings. The van der Waals surface area contributed by atoms with Gasteiger partial charge in [-0.05, 0) is 61.6 Å². The fourth-order valence-corrected chi connectivity index (χ4v) is 5.13. The lowest BCUT2D eigenvalue weighted by Gasteiger charge is -2.28. The van der Waals surface area contributed by atoms with Crippen LogP contribution in [-0.4, -0.2) is 43.0 Å². The van der Waals surface area contributed by atoms with Crippen molar-refractivity contribution in [3.63, 3.8) is 0 Å². The maximum Gasteiger partial charge on any atom is 0.228 e. The molecule has 0 saturated carbocycles. The zero-order chi connectivity index (χ0) is 22.2. The van der Waals surface area contributed by atoms with Crippen molar-refractivity contribution in [2.75, 3.05) is 31.2 Å². The Morgan fingerprint density at radius 1 is 1.03 bits per heavy atom. The minimum atomic E-state index is -0.302. The first-order valence-corrected chi connectivity index (χ1v) is 11.6. The van der Waals surface area contributed by atoms with E-state index in [9.17, 15) is 9.59 Å². The van der Waals surface area contributed by atoms with Gasteiger partial charge in [0.15, 0.2) is 11.5 Å². The lowest BCUT2D eigenvalue weighted by molar-refractivity contribution is -0.136. The molecule has 0 N–H and O–H groups in total. The minimum absolute atomic E-state index is 0.0181. The molecule has 0 bridgehead atoms. The van der Waals surface area contributed by atoms with Gasteiger partial charge in [0.2, 0.25) is 11.8 Å². The Bertz CT molecular complexity index is 1050. The summed E-state index contributed by atoms with van der Waals surface area (Å²) in [5.41, 5.74) is 4.25. The van der Waals surface area contributed by atoms with E-state index in [0.717, 1.165) is 59.7 Å². The predicted molar refractivity (Wildman–Crippen MR) is 122 cm³/mol. The molecule has 2 amide bonds. The first kappa shape index (κ1) is 20.9. The van der Waals surface area contributed by atoms with Crippen molar-refractivity contribution in [2.45, 2.75) is 45.6 Å². The molecule has 3 heterocycles. The summed E-state index contributed by atoms with van der Waals surface area (Å²) < 4.78 is 11.6. The summed E-state index contributed by atoms with van der Waals surface area (Å²) in [5, 5.41) is 0. The highest BCUT2D eigenvalue weighted by Gasteiger charge is 2.41. The van der Waals surface area contributed by atoms with Crippen LogP contribution in [0.3, 0.4) is 0 Å². The fourth-order valence-electron chi connectivity index (χ4n) is 5.13. The Kier molecular flexibility index (Phi) is 5.53. The van der Waals surface area contributed by atoms with Crippen LogP contribution in [0.25, 0.3) is 0 Å². The molecule has 32 heavy (non-hydrogen) atoms. The number of benzene rings is 2. The first-order valence-electron chi connectivity index (χ1n) is 11.6. The zero-order valence-electron chi connectivity index (χ0n) is 18.8. The monoisotopic (exact) mass is 434 g/mol. The van der Waals surface area contributed by atoms with E-state index in [-0.39, 0.29) is 30.2 Å². The van der Waals surface area contributed by atoms with Crippen molar-refractivity contribution < 1.29 is 19.1 Å². The molecule has 2 saturated heterocycles. The van der Waals surface area contributed by atoms with Gasteiger partial charge in [-0.25, -0.2) is 0 Å². The topological polar surface area (TPSA) is 59.1 Å². The molecule has 2 atom stereocenters. The second-order valence-electron chi connectivity index (χ2n) is 9.07. The van der Waals surface area contributed by atoms with E-state index in [4.69, 9.17) is 9.47 Å². The molecule has 6 nitrogen and oxygen atoms in total. The summed E-state index contributed by atoms with van der Waals surface area (Å²) in [4.78, 5) is 30.1. The number of anilines is 1. The Morgan fingerprint density at radius 2 is 1.84 bits per heavy atom. The minimum Gasteiger partial charge on any atom is -0.490 e. The van der Waals surface area contributed by atoms with Crippen LogP contribution in [0.1, 0.15) is 48.4 Å². The average molecular weight is 435 g/mol. The SMILES string of the molecule is Cc1cccc(N2C[C@@H](C(=O)N3CCC[C@H]3c3ccc4c(c3)OCCCO4)CC2=O)c1C. The number of carbonyl (C=O) groups excluding carboxylic acids is 2. The average Bonchev–Trinajstić information content (AvgIpc) is 3.36. The van der Waals surface area contributed by atoms with Crippen LogP contribution >= 0.6 is 0 Å². The summed E-state index contributed by atoms with van der Waals surface area (Å²) >= 11 is 0. The molecule has 168 valence electrons. The third-order valence-electron chi connectivity index (χ3n) is 7.03. The summed E-state index contributed by atoms with van der Waals surface area (Å²) in [6, 6.07) is 12.0. The Hall–Kier alpha value is -3.02. The number of fused-ring (bicyclic) bond motifs is 1.